The zero-order valence-corrected chi connectivity index (χ0v) is 14.6. The number of allylic oxidation sites excluding steroid dienone is 2. The lowest BCUT2D eigenvalue weighted by Gasteiger charge is -2.05. The molecule has 2 aromatic carbocycles. The number of aliphatic imine (C=N–C) groups is 1. The van der Waals surface area contributed by atoms with Gasteiger partial charge in [-0.25, -0.2) is 9.79 Å². The lowest BCUT2D eigenvalue weighted by atomic mass is 10.1. The van der Waals surface area contributed by atoms with Crippen LogP contribution in [0.5, 0.6) is 5.75 Å². The van der Waals surface area contributed by atoms with Crippen LogP contribution in [-0.4, -0.2) is 19.0 Å². The highest BCUT2D eigenvalue weighted by atomic mass is 35.5. The number of carbonyl (C=O) groups is 1. The fourth-order valence-corrected chi connectivity index (χ4v) is 2.64. The molecule has 0 unspecified atom stereocenters. The molecule has 0 spiro atoms. The minimum Gasteiger partial charge on any atom is -0.497 e. The van der Waals surface area contributed by atoms with Crippen molar-refractivity contribution in [2.45, 2.75) is 6.92 Å². The van der Waals surface area contributed by atoms with Crippen LogP contribution in [0, 0.1) is 0 Å². The van der Waals surface area contributed by atoms with Crippen molar-refractivity contribution in [3.05, 3.63) is 82.0 Å². The van der Waals surface area contributed by atoms with Gasteiger partial charge in [0.05, 0.1) is 17.7 Å². The van der Waals surface area contributed by atoms with Crippen molar-refractivity contribution in [2.75, 3.05) is 7.11 Å². The molecule has 0 saturated carbocycles. The Balaban J connectivity index is 1.88. The predicted molar refractivity (Wildman–Crippen MR) is 98.8 cm³/mol. The summed E-state index contributed by atoms with van der Waals surface area (Å²) in [5.74, 6) is 0.315. The van der Waals surface area contributed by atoms with Gasteiger partial charge in [-0.2, -0.15) is 0 Å². The van der Waals surface area contributed by atoms with Crippen LogP contribution in [0.4, 0.5) is 0 Å². The van der Waals surface area contributed by atoms with E-state index in [2.05, 4.69) is 4.99 Å². The van der Waals surface area contributed by atoms with Crippen LogP contribution < -0.4 is 4.74 Å². The van der Waals surface area contributed by atoms with Crippen molar-refractivity contribution < 1.29 is 14.3 Å². The van der Waals surface area contributed by atoms with Crippen molar-refractivity contribution in [3.63, 3.8) is 0 Å². The second-order valence-electron chi connectivity index (χ2n) is 5.48. The van der Waals surface area contributed by atoms with Crippen LogP contribution in [0.2, 0.25) is 5.02 Å². The van der Waals surface area contributed by atoms with Gasteiger partial charge in [-0.1, -0.05) is 48.0 Å². The topological polar surface area (TPSA) is 47.9 Å². The van der Waals surface area contributed by atoms with Crippen molar-refractivity contribution in [3.8, 4) is 5.75 Å². The second kappa shape index (κ2) is 7.36. The maximum Gasteiger partial charge on any atom is 0.363 e. The minimum atomic E-state index is -0.498. The van der Waals surface area contributed by atoms with E-state index in [1.807, 2.05) is 43.3 Å². The molecule has 1 aliphatic rings. The maximum atomic E-state index is 12.1. The van der Waals surface area contributed by atoms with E-state index < -0.39 is 5.97 Å². The molecule has 4 nitrogen and oxygen atoms in total. The molecule has 0 bridgehead atoms. The summed E-state index contributed by atoms with van der Waals surface area (Å²) in [5.41, 5.74) is 2.73. The fraction of sp³-hybridized carbons (Fsp3) is 0.100. The number of ether oxygens (including phenoxy) is 2. The molecule has 0 saturated heterocycles. The summed E-state index contributed by atoms with van der Waals surface area (Å²) < 4.78 is 10.4. The van der Waals surface area contributed by atoms with Gasteiger partial charge in [0.2, 0.25) is 5.90 Å². The summed E-state index contributed by atoms with van der Waals surface area (Å²) in [5, 5.41) is 0.406. The zero-order valence-electron chi connectivity index (χ0n) is 13.8. The van der Waals surface area contributed by atoms with Gasteiger partial charge in [-0.3, -0.25) is 0 Å². The minimum absolute atomic E-state index is 0.191. The van der Waals surface area contributed by atoms with Crippen LogP contribution in [0.25, 0.3) is 6.08 Å². The molecule has 0 aromatic heterocycles. The number of esters is 1. The molecule has 0 amide bonds. The molecule has 0 fully saturated rings. The Labute approximate surface area is 151 Å². The van der Waals surface area contributed by atoms with E-state index in [1.54, 1.807) is 31.4 Å². The quantitative estimate of drug-likeness (QED) is 0.594. The number of rotatable bonds is 4. The van der Waals surface area contributed by atoms with E-state index in [9.17, 15) is 4.79 Å². The lowest BCUT2D eigenvalue weighted by molar-refractivity contribution is -0.130. The molecule has 2 aromatic rings. The smallest absolute Gasteiger partial charge is 0.363 e. The summed E-state index contributed by atoms with van der Waals surface area (Å²) in [6, 6.07) is 14.9. The molecule has 0 aliphatic carbocycles. The van der Waals surface area contributed by atoms with E-state index >= 15 is 0 Å². The van der Waals surface area contributed by atoms with Gasteiger partial charge in [-0.05, 0) is 42.3 Å². The summed E-state index contributed by atoms with van der Waals surface area (Å²) >= 11 is 6.21. The summed E-state index contributed by atoms with van der Waals surface area (Å²) in [6.45, 7) is 1.90. The number of cyclic esters (lactones) is 1. The van der Waals surface area contributed by atoms with Crippen molar-refractivity contribution in [2.24, 2.45) is 4.99 Å². The summed E-state index contributed by atoms with van der Waals surface area (Å²) in [4.78, 5) is 16.4. The number of methoxy groups -OCH3 is 1. The Hall–Kier alpha value is -2.85. The van der Waals surface area contributed by atoms with Gasteiger partial charge in [0.1, 0.15) is 5.75 Å². The average Bonchev–Trinajstić information content (AvgIpc) is 2.95. The first-order valence-electron chi connectivity index (χ1n) is 7.66. The Morgan fingerprint density at radius 2 is 1.96 bits per heavy atom. The van der Waals surface area contributed by atoms with Crippen LogP contribution in [0.3, 0.4) is 0 Å². The van der Waals surface area contributed by atoms with Crippen LogP contribution in [0.15, 0.2) is 70.9 Å². The number of nitrogens with zero attached hydrogens (tertiary/aromatic N) is 1. The Kier molecular flexibility index (Phi) is 5.00. The summed E-state index contributed by atoms with van der Waals surface area (Å²) in [6.07, 6.45) is 3.66. The first-order valence-corrected chi connectivity index (χ1v) is 8.04. The molecule has 3 rings (SSSR count). The normalized spacial score (nSPS) is 16.0. The second-order valence-corrected chi connectivity index (χ2v) is 5.89. The average molecular weight is 354 g/mol. The number of hydrogen-bond acceptors (Lipinski definition) is 4. The van der Waals surface area contributed by atoms with Crippen molar-refractivity contribution >= 4 is 29.5 Å². The van der Waals surface area contributed by atoms with Crippen molar-refractivity contribution in [1.82, 2.24) is 0 Å². The van der Waals surface area contributed by atoms with Gasteiger partial charge >= 0.3 is 5.97 Å². The van der Waals surface area contributed by atoms with Gasteiger partial charge < -0.3 is 9.47 Å². The zero-order chi connectivity index (χ0) is 17.8. The Morgan fingerprint density at radius 3 is 2.64 bits per heavy atom. The van der Waals surface area contributed by atoms with E-state index in [0.29, 0.717) is 16.3 Å². The SMILES string of the molecule is COc1ccc(C2=NC(=CC(C)=Cc3ccccc3)C(=O)O2)c(Cl)c1. The molecule has 1 aliphatic heterocycles. The molecule has 0 atom stereocenters. The van der Waals surface area contributed by atoms with Gasteiger partial charge in [-0.15, -0.1) is 0 Å². The third-order valence-electron chi connectivity index (χ3n) is 3.59. The van der Waals surface area contributed by atoms with E-state index in [4.69, 9.17) is 21.1 Å². The highest BCUT2D eigenvalue weighted by molar-refractivity contribution is 6.34. The van der Waals surface area contributed by atoms with Crippen LogP contribution in [-0.2, 0) is 9.53 Å². The molecule has 1 heterocycles. The third kappa shape index (κ3) is 3.98. The van der Waals surface area contributed by atoms with Gasteiger partial charge in [0.25, 0.3) is 0 Å². The molecule has 126 valence electrons. The molecular weight excluding hydrogens is 338 g/mol. The number of carbonyl (C=O) groups excluding carboxylic acids is 1. The van der Waals surface area contributed by atoms with Crippen LogP contribution in [0.1, 0.15) is 18.1 Å². The molecular formula is C20H16ClNO3. The molecule has 5 heteroatoms. The maximum absolute atomic E-state index is 12.1. The number of hydrogen-bond donors (Lipinski definition) is 0. The third-order valence-corrected chi connectivity index (χ3v) is 3.90. The highest BCUT2D eigenvalue weighted by Gasteiger charge is 2.25. The van der Waals surface area contributed by atoms with E-state index in [1.165, 1.54) is 0 Å². The number of halogens is 1. The molecule has 25 heavy (non-hydrogen) atoms. The first kappa shape index (κ1) is 17.0. The Morgan fingerprint density at radius 1 is 1.20 bits per heavy atom. The van der Waals surface area contributed by atoms with Gasteiger partial charge in [0.15, 0.2) is 5.70 Å². The van der Waals surface area contributed by atoms with Crippen molar-refractivity contribution in [1.29, 1.82) is 0 Å². The first-order chi connectivity index (χ1) is 12.1. The van der Waals surface area contributed by atoms with Gasteiger partial charge in [0, 0.05) is 0 Å². The largest absolute Gasteiger partial charge is 0.497 e. The molecule has 0 radical (unpaired) electrons. The summed E-state index contributed by atoms with van der Waals surface area (Å²) in [7, 11) is 1.56. The standard InChI is InChI=1S/C20H16ClNO3/c1-13(10-14-6-4-3-5-7-14)11-18-20(23)25-19(22-18)16-9-8-15(24-2)12-17(16)21/h3-12H,1-2H3. The predicted octanol–water partition coefficient (Wildman–Crippen LogP) is 4.64. The monoisotopic (exact) mass is 353 g/mol. The molecule has 0 N–H and O–H groups in total. The Bertz CT molecular complexity index is 898. The van der Waals surface area contributed by atoms with E-state index in [-0.39, 0.29) is 11.6 Å². The van der Waals surface area contributed by atoms with E-state index in [0.717, 1.165) is 11.1 Å². The fourth-order valence-electron chi connectivity index (χ4n) is 2.39. The highest BCUT2D eigenvalue weighted by Crippen LogP contribution is 2.26. The van der Waals surface area contributed by atoms with Crippen LogP contribution >= 0.6 is 11.6 Å². The lowest BCUT2D eigenvalue weighted by Crippen LogP contribution is -2.06. The number of benzene rings is 2.